The number of carbonyl (C=O) groups is 1. The Kier molecular flexibility index (Phi) is 5.92. The first-order valence-electron chi connectivity index (χ1n) is 10.1. The molecular formula is C23H18F2O11. The van der Waals surface area contributed by atoms with Crippen molar-refractivity contribution in [1.29, 1.82) is 0 Å². The van der Waals surface area contributed by atoms with E-state index in [4.69, 9.17) is 9.47 Å². The molecule has 0 unspecified atom stereocenters. The Morgan fingerprint density at radius 1 is 0.889 bits per heavy atom. The standard InChI is InChI=1S/C23H18F2O11/c1-34-22-17(25)15(16(24)19(31)20(22)32)23(33)36-14-6-9-10(27)4-8(26)5-13(9)35-21(14)7-2-11(28)18(30)12(29)3-7/h2-5,14,21,26-32H,6H2,1H3/t14-,21+/m1/s1. The first-order chi connectivity index (χ1) is 16.9. The van der Waals surface area contributed by atoms with Crippen molar-refractivity contribution in [1.82, 2.24) is 0 Å². The maximum Gasteiger partial charge on any atom is 0.344 e. The van der Waals surface area contributed by atoms with Gasteiger partial charge in [-0.3, -0.25) is 0 Å². The van der Waals surface area contributed by atoms with Gasteiger partial charge in [0.15, 0.2) is 40.7 Å². The van der Waals surface area contributed by atoms with Gasteiger partial charge < -0.3 is 50.0 Å². The molecule has 11 nitrogen and oxygen atoms in total. The molecule has 0 radical (unpaired) electrons. The molecule has 36 heavy (non-hydrogen) atoms. The van der Waals surface area contributed by atoms with Crippen LogP contribution in [0.2, 0.25) is 0 Å². The van der Waals surface area contributed by atoms with E-state index in [1.54, 1.807) is 0 Å². The maximum atomic E-state index is 14.8. The fourth-order valence-corrected chi connectivity index (χ4v) is 3.83. The van der Waals surface area contributed by atoms with Crippen LogP contribution in [0.3, 0.4) is 0 Å². The first kappa shape index (κ1) is 24.3. The number of hydrogen-bond donors (Lipinski definition) is 7. The second-order valence-corrected chi connectivity index (χ2v) is 7.77. The highest BCUT2D eigenvalue weighted by molar-refractivity contribution is 5.92. The van der Waals surface area contributed by atoms with Crippen LogP contribution in [0.5, 0.6) is 51.7 Å². The van der Waals surface area contributed by atoms with Gasteiger partial charge in [-0.1, -0.05) is 0 Å². The lowest BCUT2D eigenvalue weighted by Crippen LogP contribution is -2.35. The number of aromatic hydroxyl groups is 7. The molecule has 0 aliphatic carbocycles. The Hall–Kier alpha value is -4.81. The normalized spacial score (nSPS) is 16.6. The predicted octanol–water partition coefficient (Wildman–Crippen LogP) is 2.81. The summed E-state index contributed by atoms with van der Waals surface area (Å²) in [5.41, 5.74) is -1.43. The van der Waals surface area contributed by atoms with Crippen LogP contribution in [-0.2, 0) is 11.2 Å². The molecular weight excluding hydrogens is 490 g/mol. The average Bonchev–Trinajstić information content (AvgIpc) is 2.81. The number of esters is 1. The molecule has 1 aliphatic heterocycles. The Bertz CT molecular complexity index is 1370. The van der Waals surface area contributed by atoms with Crippen LogP contribution in [-0.4, -0.2) is 54.9 Å². The van der Waals surface area contributed by atoms with Crippen LogP contribution in [0.25, 0.3) is 0 Å². The molecule has 190 valence electrons. The number of fused-ring (bicyclic) bond motifs is 1. The minimum absolute atomic E-state index is 0.0427. The topological polar surface area (TPSA) is 186 Å². The van der Waals surface area contributed by atoms with E-state index < -0.39 is 75.6 Å². The van der Waals surface area contributed by atoms with Crippen molar-refractivity contribution in [3.8, 4) is 51.7 Å². The van der Waals surface area contributed by atoms with Gasteiger partial charge in [0.1, 0.15) is 28.9 Å². The number of benzene rings is 3. The largest absolute Gasteiger partial charge is 0.508 e. The zero-order valence-corrected chi connectivity index (χ0v) is 18.2. The molecule has 0 amide bonds. The number of halogens is 2. The highest BCUT2D eigenvalue weighted by atomic mass is 19.1. The maximum absolute atomic E-state index is 14.8. The lowest BCUT2D eigenvalue weighted by atomic mass is 9.93. The Morgan fingerprint density at radius 3 is 2.14 bits per heavy atom. The summed E-state index contributed by atoms with van der Waals surface area (Å²) in [5.74, 6) is -12.2. The van der Waals surface area contributed by atoms with Crippen LogP contribution < -0.4 is 9.47 Å². The Morgan fingerprint density at radius 2 is 1.53 bits per heavy atom. The molecule has 0 saturated heterocycles. The minimum Gasteiger partial charge on any atom is -0.508 e. The highest BCUT2D eigenvalue weighted by Gasteiger charge is 2.39. The molecule has 7 N–H and O–H groups in total. The van der Waals surface area contributed by atoms with Gasteiger partial charge in [0.2, 0.25) is 11.5 Å². The summed E-state index contributed by atoms with van der Waals surface area (Å²) in [6.45, 7) is 0. The lowest BCUT2D eigenvalue weighted by Gasteiger charge is -2.34. The molecule has 13 heteroatoms. The summed E-state index contributed by atoms with van der Waals surface area (Å²) < 4.78 is 44.9. The summed E-state index contributed by atoms with van der Waals surface area (Å²) in [5, 5.41) is 68.9. The van der Waals surface area contributed by atoms with Crippen LogP contribution in [0.15, 0.2) is 24.3 Å². The molecule has 0 bridgehead atoms. The third kappa shape index (κ3) is 3.89. The summed E-state index contributed by atoms with van der Waals surface area (Å²) in [7, 11) is 0.897. The number of hydrogen-bond acceptors (Lipinski definition) is 11. The van der Waals surface area contributed by atoms with Crippen LogP contribution in [0, 0.1) is 11.6 Å². The third-order valence-electron chi connectivity index (χ3n) is 5.54. The van der Waals surface area contributed by atoms with Gasteiger partial charge >= 0.3 is 5.97 Å². The van der Waals surface area contributed by atoms with Crippen LogP contribution in [0.1, 0.15) is 27.6 Å². The summed E-state index contributed by atoms with van der Waals surface area (Å²) in [4.78, 5) is 12.9. The van der Waals surface area contributed by atoms with E-state index in [-0.39, 0.29) is 29.0 Å². The molecule has 0 aromatic heterocycles. The number of phenols is 7. The monoisotopic (exact) mass is 508 g/mol. The Labute approximate surface area is 200 Å². The van der Waals surface area contributed by atoms with Crippen molar-refractivity contribution < 1.29 is 63.5 Å². The van der Waals surface area contributed by atoms with Gasteiger partial charge in [0, 0.05) is 29.7 Å². The Balaban J connectivity index is 1.80. The summed E-state index contributed by atoms with van der Waals surface area (Å²) in [6, 6.07) is 4.03. The van der Waals surface area contributed by atoms with Gasteiger partial charge in [0.05, 0.1) is 7.11 Å². The zero-order valence-electron chi connectivity index (χ0n) is 18.2. The molecule has 0 saturated carbocycles. The van der Waals surface area contributed by atoms with Gasteiger partial charge in [-0.15, -0.1) is 0 Å². The average molecular weight is 508 g/mol. The van der Waals surface area contributed by atoms with Crippen molar-refractivity contribution in [3.63, 3.8) is 0 Å². The van der Waals surface area contributed by atoms with Crippen LogP contribution in [0.4, 0.5) is 8.78 Å². The van der Waals surface area contributed by atoms with E-state index in [9.17, 15) is 49.3 Å². The van der Waals surface area contributed by atoms with E-state index >= 15 is 0 Å². The molecule has 0 spiro atoms. The summed E-state index contributed by atoms with van der Waals surface area (Å²) >= 11 is 0. The van der Waals surface area contributed by atoms with Crippen molar-refractivity contribution in [2.45, 2.75) is 18.6 Å². The molecule has 2 atom stereocenters. The molecule has 0 fully saturated rings. The van der Waals surface area contributed by atoms with Gasteiger partial charge in [0.25, 0.3) is 0 Å². The van der Waals surface area contributed by atoms with Crippen molar-refractivity contribution >= 4 is 5.97 Å². The number of ether oxygens (including phenoxy) is 3. The minimum atomic E-state index is -1.84. The van der Waals surface area contributed by atoms with Crippen molar-refractivity contribution in [2.24, 2.45) is 0 Å². The fourth-order valence-electron chi connectivity index (χ4n) is 3.83. The van der Waals surface area contributed by atoms with Crippen LogP contribution >= 0.6 is 0 Å². The van der Waals surface area contributed by atoms with Gasteiger partial charge in [-0.2, -0.15) is 0 Å². The third-order valence-corrected chi connectivity index (χ3v) is 5.54. The zero-order chi connectivity index (χ0) is 26.5. The number of carbonyl (C=O) groups excluding carboxylic acids is 1. The summed E-state index contributed by atoms with van der Waals surface area (Å²) in [6.07, 6.45) is -3.23. The SMILES string of the molecule is COc1c(O)c(O)c(F)c(C(=O)O[C@@H]2Cc3c(O)cc(O)cc3O[C@H]2c2cc(O)c(O)c(O)c2)c1F. The number of methoxy groups -OCH3 is 1. The van der Waals surface area contributed by atoms with Gasteiger partial charge in [-0.25, -0.2) is 13.6 Å². The molecule has 1 heterocycles. The quantitative estimate of drug-likeness (QED) is 0.203. The molecule has 1 aliphatic rings. The molecule has 4 rings (SSSR count). The smallest absolute Gasteiger partial charge is 0.344 e. The molecule has 3 aromatic carbocycles. The van der Waals surface area contributed by atoms with E-state index in [0.29, 0.717) is 0 Å². The number of phenolic OH excluding ortho intramolecular Hbond substituents is 7. The second kappa shape index (κ2) is 8.76. The van der Waals surface area contributed by atoms with E-state index in [1.165, 1.54) is 0 Å². The van der Waals surface area contributed by atoms with E-state index in [1.807, 2.05) is 0 Å². The lowest BCUT2D eigenvalue weighted by molar-refractivity contribution is -0.0197. The van der Waals surface area contributed by atoms with Crippen molar-refractivity contribution in [2.75, 3.05) is 7.11 Å². The second-order valence-electron chi connectivity index (χ2n) is 7.77. The molecule has 3 aromatic rings. The van der Waals surface area contributed by atoms with E-state index in [2.05, 4.69) is 4.74 Å². The van der Waals surface area contributed by atoms with Gasteiger partial charge in [-0.05, 0) is 12.1 Å². The van der Waals surface area contributed by atoms with E-state index in [0.717, 1.165) is 31.4 Å². The predicted molar refractivity (Wildman–Crippen MR) is 114 cm³/mol. The highest BCUT2D eigenvalue weighted by Crippen LogP contribution is 2.47. The van der Waals surface area contributed by atoms with Crippen molar-refractivity contribution in [3.05, 3.63) is 52.6 Å². The fraction of sp³-hybridized carbons (Fsp3) is 0.174. The first-order valence-corrected chi connectivity index (χ1v) is 10.1. The number of rotatable bonds is 4.